The van der Waals surface area contributed by atoms with E-state index in [0.29, 0.717) is 11.1 Å². The number of aliphatic hydroxyl groups is 1. The number of esters is 1. The van der Waals surface area contributed by atoms with Crippen LogP contribution in [0.4, 0.5) is 0 Å². The van der Waals surface area contributed by atoms with Gasteiger partial charge in [-0.1, -0.05) is 43.5 Å². The van der Waals surface area contributed by atoms with Gasteiger partial charge < -0.3 is 9.84 Å². The predicted octanol–water partition coefficient (Wildman–Crippen LogP) is 2.61. The summed E-state index contributed by atoms with van der Waals surface area (Å²) in [4.78, 5) is 11.4. The first-order valence-corrected chi connectivity index (χ1v) is 5.21. The quantitative estimate of drug-likeness (QED) is 0.493. The van der Waals surface area contributed by atoms with Crippen molar-refractivity contribution in [2.45, 2.75) is 19.6 Å². The van der Waals surface area contributed by atoms with Gasteiger partial charge in [0.05, 0.1) is 0 Å². The van der Waals surface area contributed by atoms with Crippen molar-refractivity contribution in [1.29, 1.82) is 0 Å². The Balaban J connectivity index is 3.08. The Bertz CT molecular complexity index is 458. The molecule has 1 aromatic rings. The summed E-state index contributed by atoms with van der Waals surface area (Å²) >= 11 is 0. The molecule has 1 atom stereocenters. The summed E-state index contributed by atoms with van der Waals surface area (Å²) in [5.74, 6) is -2.32. The van der Waals surface area contributed by atoms with Gasteiger partial charge >= 0.3 is 5.97 Å². The third-order valence-corrected chi connectivity index (χ3v) is 2.32. The average molecular weight is 232 g/mol. The molecule has 1 unspecified atom stereocenters. The zero-order valence-corrected chi connectivity index (χ0v) is 10.1. The van der Waals surface area contributed by atoms with E-state index in [1.165, 1.54) is 13.8 Å². The molecule has 1 N–H and O–H groups in total. The highest BCUT2D eigenvalue weighted by Crippen LogP contribution is 2.27. The van der Waals surface area contributed by atoms with E-state index < -0.39 is 11.8 Å². The van der Waals surface area contributed by atoms with Crippen molar-refractivity contribution in [3.05, 3.63) is 54.1 Å². The van der Waals surface area contributed by atoms with Crippen LogP contribution in [0.25, 0.3) is 6.08 Å². The molecule has 1 aromatic carbocycles. The summed E-state index contributed by atoms with van der Waals surface area (Å²) in [7, 11) is 0. The monoisotopic (exact) mass is 232 g/mol. The Hall–Kier alpha value is -1.87. The molecule has 17 heavy (non-hydrogen) atoms. The standard InChI is InChI=1S/C14H16O3/c1-5-11-8-6-7-9-12(11)14(4,16)17-13(15)10(2)3/h5-9,16H,1-2H2,3-4H3. The topological polar surface area (TPSA) is 46.5 Å². The fraction of sp³-hybridized carbons (Fsp3) is 0.214. The first-order valence-electron chi connectivity index (χ1n) is 5.21. The van der Waals surface area contributed by atoms with Crippen LogP contribution in [-0.4, -0.2) is 11.1 Å². The van der Waals surface area contributed by atoms with Gasteiger partial charge in [-0.2, -0.15) is 0 Å². The van der Waals surface area contributed by atoms with Crippen LogP contribution in [-0.2, 0) is 15.3 Å². The fourth-order valence-electron chi connectivity index (χ4n) is 1.42. The molecule has 0 aromatic heterocycles. The highest BCUT2D eigenvalue weighted by Gasteiger charge is 2.29. The van der Waals surface area contributed by atoms with Gasteiger partial charge in [0.1, 0.15) is 0 Å². The minimum Gasteiger partial charge on any atom is -0.426 e. The van der Waals surface area contributed by atoms with E-state index in [-0.39, 0.29) is 5.57 Å². The summed E-state index contributed by atoms with van der Waals surface area (Å²) in [6.07, 6.45) is 1.60. The van der Waals surface area contributed by atoms with Gasteiger partial charge in [0.2, 0.25) is 5.79 Å². The van der Waals surface area contributed by atoms with E-state index in [9.17, 15) is 9.90 Å². The van der Waals surface area contributed by atoms with Crippen LogP contribution >= 0.6 is 0 Å². The fourth-order valence-corrected chi connectivity index (χ4v) is 1.42. The molecule has 0 radical (unpaired) electrons. The summed E-state index contributed by atoms with van der Waals surface area (Å²) < 4.78 is 5.00. The van der Waals surface area contributed by atoms with Crippen LogP contribution in [0.3, 0.4) is 0 Å². The molecule has 0 aliphatic rings. The van der Waals surface area contributed by atoms with E-state index in [1.807, 2.05) is 6.07 Å². The zero-order chi connectivity index (χ0) is 13.1. The van der Waals surface area contributed by atoms with Crippen molar-refractivity contribution in [3.8, 4) is 0 Å². The Morgan fingerprint density at radius 3 is 2.59 bits per heavy atom. The van der Waals surface area contributed by atoms with Crippen molar-refractivity contribution >= 4 is 12.0 Å². The smallest absolute Gasteiger partial charge is 0.335 e. The second-order valence-corrected chi connectivity index (χ2v) is 3.94. The van der Waals surface area contributed by atoms with Gasteiger partial charge in [0.15, 0.2) is 0 Å². The van der Waals surface area contributed by atoms with Crippen molar-refractivity contribution in [2.24, 2.45) is 0 Å². The summed E-state index contributed by atoms with van der Waals surface area (Å²) in [5.41, 5.74) is 1.44. The van der Waals surface area contributed by atoms with Gasteiger partial charge in [0, 0.05) is 18.1 Å². The molecule has 3 nitrogen and oxygen atoms in total. The van der Waals surface area contributed by atoms with E-state index in [4.69, 9.17) is 4.74 Å². The lowest BCUT2D eigenvalue weighted by atomic mass is 10.0. The van der Waals surface area contributed by atoms with Gasteiger partial charge in [-0.3, -0.25) is 0 Å². The Morgan fingerprint density at radius 1 is 1.47 bits per heavy atom. The molecule has 0 aliphatic heterocycles. The lowest BCUT2D eigenvalue weighted by Crippen LogP contribution is -2.29. The van der Waals surface area contributed by atoms with Gasteiger partial charge in [-0.05, 0) is 12.5 Å². The number of hydrogen-bond donors (Lipinski definition) is 1. The molecular formula is C14H16O3. The van der Waals surface area contributed by atoms with Gasteiger partial charge in [-0.15, -0.1) is 0 Å². The second-order valence-electron chi connectivity index (χ2n) is 3.94. The van der Waals surface area contributed by atoms with Crippen LogP contribution in [0, 0.1) is 0 Å². The molecule has 90 valence electrons. The summed E-state index contributed by atoms with van der Waals surface area (Å²) in [6, 6.07) is 7.04. The van der Waals surface area contributed by atoms with Gasteiger partial charge in [-0.25, -0.2) is 4.79 Å². The third-order valence-electron chi connectivity index (χ3n) is 2.32. The maximum atomic E-state index is 11.4. The van der Waals surface area contributed by atoms with Gasteiger partial charge in [0.25, 0.3) is 0 Å². The number of carbonyl (C=O) groups excluding carboxylic acids is 1. The number of rotatable bonds is 4. The Morgan fingerprint density at radius 2 is 2.06 bits per heavy atom. The van der Waals surface area contributed by atoms with E-state index in [1.54, 1.807) is 24.3 Å². The average Bonchev–Trinajstić information content (AvgIpc) is 2.28. The predicted molar refractivity (Wildman–Crippen MR) is 67.0 cm³/mol. The lowest BCUT2D eigenvalue weighted by molar-refractivity contribution is -0.202. The van der Waals surface area contributed by atoms with Crippen LogP contribution in [0.2, 0.25) is 0 Å². The van der Waals surface area contributed by atoms with Crippen LogP contribution in [0.1, 0.15) is 25.0 Å². The number of carbonyl (C=O) groups is 1. The molecule has 0 heterocycles. The first-order chi connectivity index (χ1) is 7.88. The molecule has 0 aliphatic carbocycles. The highest BCUT2D eigenvalue weighted by molar-refractivity contribution is 5.87. The molecule has 3 heteroatoms. The van der Waals surface area contributed by atoms with Crippen LogP contribution in [0.15, 0.2) is 43.0 Å². The molecule has 0 saturated carbocycles. The molecule has 0 spiro atoms. The summed E-state index contributed by atoms with van der Waals surface area (Å²) in [5, 5.41) is 10.2. The van der Waals surface area contributed by atoms with Crippen LogP contribution < -0.4 is 0 Å². The summed E-state index contributed by atoms with van der Waals surface area (Å²) in [6.45, 7) is 10.1. The molecule has 0 saturated heterocycles. The van der Waals surface area contributed by atoms with E-state index >= 15 is 0 Å². The first kappa shape index (κ1) is 13.2. The third kappa shape index (κ3) is 3.04. The van der Waals surface area contributed by atoms with Crippen LogP contribution in [0.5, 0.6) is 0 Å². The van der Waals surface area contributed by atoms with Crippen molar-refractivity contribution in [2.75, 3.05) is 0 Å². The molecular weight excluding hydrogens is 216 g/mol. The van der Waals surface area contributed by atoms with Crippen molar-refractivity contribution in [1.82, 2.24) is 0 Å². The van der Waals surface area contributed by atoms with Crippen molar-refractivity contribution < 1.29 is 14.6 Å². The minimum absolute atomic E-state index is 0.237. The largest absolute Gasteiger partial charge is 0.426 e. The molecule has 0 fully saturated rings. The van der Waals surface area contributed by atoms with E-state index in [0.717, 1.165) is 0 Å². The molecule has 0 bridgehead atoms. The number of hydrogen-bond acceptors (Lipinski definition) is 3. The SMILES string of the molecule is C=Cc1ccccc1C(C)(O)OC(=O)C(=C)C. The normalized spacial score (nSPS) is 13.6. The second kappa shape index (κ2) is 4.97. The minimum atomic E-state index is -1.69. The zero-order valence-electron chi connectivity index (χ0n) is 10.1. The Labute approximate surface area is 101 Å². The Kier molecular flexibility index (Phi) is 3.86. The van der Waals surface area contributed by atoms with E-state index in [2.05, 4.69) is 13.2 Å². The van der Waals surface area contributed by atoms with Crippen molar-refractivity contribution in [3.63, 3.8) is 0 Å². The maximum Gasteiger partial charge on any atom is 0.335 e. The highest BCUT2D eigenvalue weighted by atomic mass is 16.7. The lowest BCUT2D eigenvalue weighted by Gasteiger charge is -2.25. The molecule has 1 rings (SSSR count). The maximum absolute atomic E-state index is 11.4. The molecule has 0 amide bonds. The number of benzene rings is 1. The number of ether oxygens (including phenoxy) is 1.